The molecule has 0 spiro atoms. The molecule has 2 unspecified atom stereocenters. The maximum Gasteiger partial charge on any atom is 0.242 e. The number of fused-ring (bicyclic) bond motifs is 1. The van der Waals surface area contributed by atoms with Gasteiger partial charge in [0.25, 0.3) is 0 Å². The van der Waals surface area contributed by atoms with Gasteiger partial charge < -0.3 is 10.1 Å². The van der Waals surface area contributed by atoms with Crippen molar-refractivity contribution < 1.29 is 14.3 Å². The van der Waals surface area contributed by atoms with Crippen LogP contribution in [-0.2, 0) is 14.3 Å². The summed E-state index contributed by atoms with van der Waals surface area (Å²) in [5.41, 5.74) is 1.62. The third-order valence-electron chi connectivity index (χ3n) is 3.80. The predicted molar refractivity (Wildman–Crippen MR) is 89.0 cm³/mol. The van der Waals surface area contributed by atoms with Crippen LogP contribution in [0.4, 0.5) is 5.69 Å². The summed E-state index contributed by atoms with van der Waals surface area (Å²) in [5.74, 6) is 0.151. The molecule has 2 atom stereocenters. The zero-order valence-electron chi connectivity index (χ0n) is 12.1. The maximum absolute atomic E-state index is 12.3. The zero-order valence-corrected chi connectivity index (χ0v) is 12.9. The lowest BCUT2D eigenvalue weighted by atomic mass is 10.1. The van der Waals surface area contributed by atoms with Gasteiger partial charge in [0.2, 0.25) is 11.7 Å². The summed E-state index contributed by atoms with van der Waals surface area (Å²) in [7, 11) is 0. The molecule has 1 amide bonds. The van der Waals surface area contributed by atoms with Gasteiger partial charge in [0.15, 0.2) is 6.10 Å². The largest absolute Gasteiger partial charge is 0.480 e. The highest BCUT2D eigenvalue weighted by molar-refractivity contribution is 8.01. The van der Waals surface area contributed by atoms with Gasteiger partial charge in [-0.05, 0) is 12.1 Å². The number of nitrogens with one attached hydrogen (secondary N) is 1. The number of amides is 1. The lowest BCUT2D eigenvalue weighted by molar-refractivity contribution is -0.125. The average Bonchev–Trinajstić information content (AvgIpc) is 2.97. The van der Waals surface area contributed by atoms with Crippen molar-refractivity contribution in [2.24, 2.45) is 0 Å². The molecule has 23 heavy (non-hydrogen) atoms. The smallest absolute Gasteiger partial charge is 0.242 e. The van der Waals surface area contributed by atoms with Crippen molar-refractivity contribution in [2.45, 2.75) is 16.2 Å². The van der Waals surface area contributed by atoms with Gasteiger partial charge in [0.1, 0.15) is 11.0 Å². The average molecular weight is 323 g/mol. The van der Waals surface area contributed by atoms with Crippen LogP contribution in [0.2, 0.25) is 0 Å². The minimum absolute atomic E-state index is 0.170. The van der Waals surface area contributed by atoms with E-state index < -0.39 is 11.4 Å². The summed E-state index contributed by atoms with van der Waals surface area (Å²) in [6.45, 7) is 0. The fourth-order valence-electron chi connectivity index (χ4n) is 2.67. The number of hydrogen-bond donors (Lipinski definition) is 1. The Morgan fingerprint density at radius 3 is 2.52 bits per heavy atom. The Balaban J connectivity index is 1.58. The Hall–Kier alpha value is -2.53. The van der Waals surface area contributed by atoms with E-state index in [1.807, 2.05) is 54.6 Å². The van der Waals surface area contributed by atoms with Crippen LogP contribution in [0, 0.1) is 0 Å². The fourth-order valence-corrected chi connectivity index (χ4v) is 3.83. The molecule has 0 radical (unpaired) electrons. The van der Waals surface area contributed by atoms with Crippen LogP contribution >= 0.6 is 11.8 Å². The monoisotopic (exact) mass is 323 g/mol. The molecule has 2 aromatic rings. The second-order valence-electron chi connectivity index (χ2n) is 5.34. The molecule has 0 saturated heterocycles. The molecule has 0 aliphatic carbocycles. The summed E-state index contributed by atoms with van der Waals surface area (Å²) in [4.78, 5) is 25.6. The Kier molecular flexibility index (Phi) is 3.42. The molecular weight excluding hydrogens is 310 g/mol. The molecular formula is C18H13NO3S. The van der Waals surface area contributed by atoms with E-state index in [1.54, 1.807) is 0 Å². The number of carbonyl (C=O) groups is 2. The van der Waals surface area contributed by atoms with Crippen molar-refractivity contribution in [3.63, 3.8) is 0 Å². The molecule has 2 aromatic carbocycles. The van der Waals surface area contributed by atoms with Gasteiger partial charge in [-0.25, -0.2) is 0 Å². The summed E-state index contributed by atoms with van der Waals surface area (Å²) in [5, 5.41) is 2.26. The number of hydrogen-bond acceptors (Lipinski definition) is 4. The van der Waals surface area contributed by atoms with Gasteiger partial charge >= 0.3 is 0 Å². The summed E-state index contributed by atoms with van der Waals surface area (Å²) in [6, 6.07) is 17.0. The molecule has 0 fully saturated rings. The first-order valence-electron chi connectivity index (χ1n) is 7.26. The van der Waals surface area contributed by atoms with E-state index >= 15 is 0 Å². The van der Waals surface area contributed by atoms with Crippen LogP contribution < -0.4 is 5.32 Å². The lowest BCUT2D eigenvalue weighted by Gasteiger charge is -2.27. The van der Waals surface area contributed by atoms with E-state index in [1.165, 1.54) is 17.8 Å². The number of anilines is 1. The van der Waals surface area contributed by atoms with E-state index in [9.17, 15) is 9.59 Å². The molecule has 2 aliphatic heterocycles. The molecule has 2 aliphatic rings. The van der Waals surface area contributed by atoms with Gasteiger partial charge in [0, 0.05) is 16.5 Å². The van der Waals surface area contributed by atoms with Crippen molar-refractivity contribution in [3.05, 3.63) is 66.2 Å². The quantitative estimate of drug-likeness (QED) is 0.922. The van der Waals surface area contributed by atoms with Crippen LogP contribution in [0.3, 0.4) is 0 Å². The Morgan fingerprint density at radius 2 is 1.70 bits per heavy atom. The third kappa shape index (κ3) is 2.53. The number of carbonyl (C=O) groups excluding carboxylic acids is 2. The van der Waals surface area contributed by atoms with Crippen molar-refractivity contribution in [1.82, 2.24) is 0 Å². The number of para-hydroxylation sites is 1. The Labute approximate surface area is 137 Å². The highest BCUT2D eigenvalue weighted by Gasteiger charge is 2.42. The van der Waals surface area contributed by atoms with Crippen LogP contribution in [0.15, 0.2) is 65.6 Å². The highest BCUT2D eigenvalue weighted by atomic mass is 32.2. The van der Waals surface area contributed by atoms with Gasteiger partial charge in [-0.15, -0.1) is 11.8 Å². The van der Waals surface area contributed by atoms with Crippen LogP contribution in [0.5, 0.6) is 0 Å². The highest BCUT2D eigenvalue weighted by Crippen LogP contribution is 2.40. The number of ketones is 1. The SMILES string of the molecule is O=C1C=C(c2ccccc2)OC1C1Sc2ccccc2NC1=O. The zero-order chi connectivity index (χ0) is 15.8. The maximum atomic E-state index is 12.3. The van der Waals surface area contributed by atoms with Crippen molar-refractivity contribution in [3.8, 4) is 0 Å². The first kappa shape index (κ1) is 14.1. The van der Waals surface area contributed by atoms with Crippen molar-refractivity contribution in [2.75, 3.05) is 5.32 Å². The van der Waals surface area contributed by atoms with E-state index in [2.05, 4.69) is 5.32 Å². The second-order valence-corrected chi connectivity index (χ2v) is 6.52. The van der Waals surface area contributed by atoms with Crippen molar-refractivity contribution in [1.29, 1.82) is 0 Å². The molecule has 2 heterocycles. The summed E-state index contributed by atoms with van der Waals surface area (Å²) in [6.07, 6.45) is 0.692. The molecule has 4 rings (SSSR count). The van der Waals surface area contributed by atoms with E-state index in [-0.39, 0.29) is 11.7 Å². The molecule has 5 heteroatoms. The lowest BCUT2D eigenvalue weighted by Crippen LogP contribution is -2.41. The minimum Gasteiger partial charge on any atom is -0.480 e. The first-order chi connectivity index (χ1) is 11.2. The fraction of sp³-hybridized carbons (Fsp3) is 0.111. The minimum atomic E-state index is -0.788. The molecule has 0 aromatic heterocycles. The standard InChI is InChI=1S/C18H13NO3S/c20-13-10-14(11-6-2-1-3-7-11)22-16(13)17-18(21)19-12-8-4-5-9-15(12)23-17/h1-10,16-17H,(H,19,21). The van der Waals surface area contributed by atoms with Gasteiger partial charge in [0.05, 0.1) is 5.69 Å². The first-order valence-corrected chi connectivity index (χ1v) is 8.14. The Morgan fingerprint density at radius 1 is 0.957 bits per heavy atom. The van der Waals surface area contributed by atoms with Crippen LogP contribution in [0.1, 0.15) is 5.56 Å². The number of ether oxygens (including phenoxy) is 1. The van der Waals surface area contributed by atoms with Crippen molar-refractivity contribution >= 4 is 34.9 Å². The molecule has 4 nitrogen and oxygen atoms in total. The topological polar surface area (TPSA) is 55.4 Å². The molecule has 0 saturated carbocycles. The number of thioether (sulfide) groups is 1. The van der Waals surface area contributed by atoms with Gasteiger partial charge in [-0.2, -0.15) is 0 Å². The van der Waals surface area contributed by atoms with E-state index in [0.29, 0.717) is 5.76 Å². The van der Waals surface area contributed by atoms with E-state index in [4.69, 9.17) is 4.74 Å². The Bertz CT molecular complexity index is 816. The van der Waals surface area contributed by atoms with E-state index in [0.717, 1.165) is 16.1 Å². The van der Waals surface area contributed by atoms with Crippen LogP contribution in [-0.4, -0.2) is 23.0 Å². The predicted octanol–water partition coefficient (Wildman–Crippen LogP) is 3.11. The van der Waals surface area contributed by atoms with Crippen LogP contribution in [0.25, 0.3) is 5.76 Å². The number of rotatable bonds is 2. The molecule has 114 valence electrons. The normalized spacial score (nSPS) is 22.9. The van der Waals surface area contributed by atoms with Gasteiger partial charge in [-0.3, -0.25) is 9.59 Å². The molecule has 0 bridgehead atoms. The summed E-state index contributed by atoms with van der Waals surface area (Å²) < 4.78 is 5.81. The van der Waals surface area contributed by atoms with Gasteiger partial charge in [-0.1, -0.05) is 42.5 Å². The second kappa shape index (κ2) is 5.59. The number of benzene rings is 2. The molecule has 1 N–H and O–H groups in total. The third-order valence-corrected chi connectivity index (χ3v) is 5.12. The summed E-state index contributed by atoms with van der Waals surface area (Å²) >= 11 is 1.37.